The number of carbonyl (C=O) groups is 1. The number of carbonyl (C=O) groups excluding carboxylic acids is 1. The summed E-state index contributed by atoms with van der Waals surface area (Å²) in [6, 6.07) is 3.18. The first-order chi connectivity index (χ1) is 11.1. The Morgan fingerprint density at radius 2 is 1.75 bits per heavy atom. The molecule has 0 N–H and O–H groups in total. The molecule has 1 heterocycles. The Morgan fingerprint density at radius 3 is 2.25 bits per heavy atom. The highest BCUT2D eigenvalue weighted by Gasteiger charge is 2.50. The minimum atomic E-state index is -0.501. The molecule has 130 valence electrons. The van der Waals surface area contributed by atoms with Crippen LogP contribution in [-0.4, -0.2) is 38.5 Å². The van der Waals surface area contributed by atoms with Crippen molar-refractivity contribution in [2.24, 2.45) is 0 Å². The van der Waals surface area contributed by atoms with Crippen molar-refractivity contribution in [1.29, 1.82) is 0 Å². The number of ether oxygens (including phenoxy) is 2. The van der Waals surface area contributed by atoms with Crippen molar-refractivity contribution in [3.8, 4) is 5.75 Å². The third-order valence-corrected chi connectivity index (χ3v) is 4.82. The minimum Gasteiger partial charge on any atom is -0.495 e. The summed E-state index contributed by atoms with van der Waals surface area (Å²) in [5, 5.41) is 0.401. The first-order valence-corrected chi connectivity index (χ1v) is 7.99. The molecule has 0 radical (unpaired) electrons. The van der Waals surface area contributed by atoms with Gasteiger partial charge in [-0.15, -0.1) is 0 Å². The smallest absolute Gasteiger partial charge is 0.487 e. The first kappa shape index (κ1) is 18.8. The van der Waals surface area contributed by atoms with Gasteiger partial charge in [-0.3, -0.25) is 0 Å². The lowest BCUT2D eigenvalue weighted by atomic mass is 9.89. The minimum absolute atomic E-state index is 0.354. The molecule has 0 bridgehead atoms. The van der Waals surface area contributed by atoms with Crippen LogP contribution in [0.3, 0.4) is 0 Å². The van der Waals surface area contributed by atoms with Gasteiger partial charge < -0.3 is 18.8 Å². The molecule has 5 nitrogen and oxygen atoms in total. The maximum absolute atomic E-state index is 11.8. The van der Waals surface area contributed by atoms with Gasteiger partial charge in [0.1, 0.15) is 5.75 Å². The molecule has 7 heteroatoms. The summed E-state index contributed by atoms with van der Waals surface area (Å²) in [5.41, 5.74) is 0.132. The zero-order chi connectivity index (χ0) is 18.1. The van der Waals surface area contributed by atoms with Gasteiger partial charge in [-0.05, 0) is 45.4 Å². The second-order valence-corrected chi connectivity index (χ2v) is 6.94. The van der Waals surface area contributed by atoms with Gasteiger partial charge in [0.25, 0.3) is 0 Å². The van der Waals surface area contributed by atoms with Crippen molar-refractivity contribution in [1.82, 2.24) is 0 Å². The van der Waals surface area contributed by atoms with E-state index in [-0.39, 0.29) is 0 Å². The summed E-state index contributed by atoms with van der Waals surface area (Å²) in [5.74, 6) is 1.70. The van der Waals surface area contributed by atoms with Crippen molar-refractivity contribution in [2.75, 3.05) is 14.2 Å². The monoisotopic (exact) mass is 352 g/mol. The molecule has 0 unspecified atom stereocenters. The van der Waals surface area contributed by atoms with E-state index in [1.165, 1.54) is 14.2 Å². The highest BCUT2D eigenvalue weighted by atomic mass is 35.5. The summed E-state index contributed by atoms with van der Waals surface area (Å²) < 4.78 is 21.8. The van der Waals surface area contributed by atoms with E-state index in [9.17, 15) is 4.79 Å². The summed E-state index contributed by atoms with van der Waals surface area (Å²) in [7, 11) is 2.31. The largest absolute Gasteiger partial charge is 0.495 e. The molecule has 0 amide bonds. The predicted octanol–water partition coefficient (Wildman–Crippen LogP) is 3.78. The van der Waals surface area contributed by atoms with E-state index < -0.39 is 24.3 Å². The van der Waals surface area contributed by atoms with Crippen LogP contribution in [0.2, 0.25) is 5.02 Å². The van der Waals surface area contributed by atoms with E-state index in [2.05, 4.69) is 0 Å². The SMILES string of the molecule is COC(=O)c1cc(C=CB2OC(C)(C)C(C)(C)O2)c(Cl)c(OC)c1. The van der Waals surface area contributed by atoms with Crippen LogP contribution in [0.1, 0.15) is 43.6 Å². The Balaban J connectivity index is 2.31. The van der Waals surface area contributed by atoms with Crippen molar-refractivity contribution in [2.45, 2.75) is 38.9 Å². The third kappa shape index (κ3) is 3.61. The Kier molecular flexibility index (Phi) is 5.33. The van der Waals surface area contributed by atoms with Crippen molar-refractivity contribution < 1.29 is 23.6 Å². The molecule has 0 saturated carbocycles. The van der Waals surface area contributed by atoms with Crippen LogP contribution in [0.15, 0.2) is 18.1 Å². The molecule has 24 heavy (non-hydrogen) atoms. The number of benzene rings is 1. The number of esters is 1. The van der Waals surface area contributed by atoms with Gasteiger partial charge in [0.2, 0.25) is 0 Å². The Bertz CT molecular complexity index is 653. The van der Waals surface area contributed by atoms with Crippen molar-refractivity contribution >= 4 is 30.8 Å². The number of halogens is 1. The van der Waals surface area contributed by atoms with Crippen LogP contribution >= 0.6 is 11.6 Å². The van der Waals surface area contributed by atoms with Crippen LogP contribution in [0.4, 0.5) is 0 Å². The normalized spacial score (nSPS) is 18.9. The topological polar surface area (TPSA) is 54.0 Å². The molecule has 2 rings (SSSR count). The Labute approximate surface area is 148 Å². The standard InChI is InChI=1S/C17H22BClO5/c1-16(2)17(3,4)24-18(23-16)8-7-11-9-12(15(20)22-6)10-13(21-5)14(11)19/h7-10H,1-6H3. The Hall–Kier alpha value is -1.50. The number of hydrogen-bond acceptors (Lipinski definition) is 5. The van der Waals surface area contributed by atoms with Crippen LogP contribution in [-0.2, 0) is 14.0 Å². The molecule has 1 aromatic rings. The van der Waals surface area contributed by atoms with E-state index in [0.29, 0.717) is 21.9 Å². The van der Waals surface area contributed by atoms with E-state index in [1.54, 1.807) is 24.2 Å². The zero-order valence-corrected chi connectivity index (χ0v) is 15.6. The molecule has 1 saturated heterocycles. The average Bonchev–Trinajstić information content (AvgIpc) is 2.72. The van der Waals surface area contributed by atoms with E-state index >= 15 is 0 Å². The second-order valence-electron chi connectivity index (χ2n) is 6.56. The van der Waals surface area contributed by atoms with Gasteiger partial charge in [-0.2, -0.15) is 0 Å². The molecule has 1 aromatic carbocycles. The Morgan fingerprint density at radius 1 is 1.17 bits per heavy atom. The van der Waals surface area contributed by atoms with Gasteiger partial charge in [0.05, 0.1) is 36.0 Å². The number of hydrogen-bond donors (Lipinski definition) is 0. The summed E-state index contributed by atoms with van der Waals surface area (Å²) >= 11 is 6.32. The summed E-state index contributed by atoms with van der Waals surface area (Å²) in [6.45, 7) is 7.92. The third-order valence-electron chi connectivity index (χ3n) is 4.41. The van der Waals surface area contributed by atoms with Crippen LogP contribution in [0, 0.1) is 0 Å². The lowest BCUT2D eigenvalue weighted by molar-refractivity contribution is 0.00578. The molecule has 1 aliphatic heterocycles. The van der Waals surface area contributed by atoms with Gasteiger partial charge in [0.15, 0.2) is 0 Å². The van der Waals surface area contributed by atoms with E-state index in [4.69, 9.17) is 30.4 Å². The maximum Gasteiger partial charge on any atom is 0.487 e. The molecule has 0 aliphatic carbocycles. The highest BCUT2D eigenvalue weighted by Crippen LogP contribution is 2.37. The summed E-state index contributed by atoms with van der Waals surface area (Å²) in [4.78, 5) is 11.8. The van der Waals surface area contributed by atoms with Crippen molar-refractivity contribution in [3.63, 3.8) is 0 Å². The van der Waals surface area contributed by atoms with Crippen molar-refractivity contribution in [3.05, 3.63) is 34.3 Å². The fourth-order valence-corrected chi connectivity index (χ4v) is 2.52. The first-order valence-electron chi connectivity index (χ1n) is 7.61. The van der Waals surface area contributed by atoms with Gasteiger partial charge in [-0.1, -0.05) is 23.7 Å². The molecule has 0 spiro atoms. The summed E-state index contributed by atoms with van der Waals surface area (Å²) in [6.07, 6.45) is 1.75. The van der Waals surface area contributed by atoms with Crippen LogP contribution in [0.25, 0.3) is 6.08 Å². The highest BCUT2D eigenvalue weighted by molar-refractivity contribution is 6.52. The van der Waals surface area contributed by atoms with Gasteiger partial charge >= 0.3 is 13.1 Å². The maximum atomic E-state index is 11.8. The number of methoxy groups -OCH3 is 2. The van der Waals surface area contributed by atoms with E-state index in [0.717, 1.165) is 0 Å². The van der Waals surface area contributed by atoms with Gasteiger partial charge in [-0.25, -0.2) is 4.79 Å². The molecular formula is C17H22BClO5. The van der Waals surface area contributed by atoms with Crippen LogP contribution in [0.5, 0.6) is 5.75 Å². The predicted molar refractivity (Wildman–Crippen MR) is 94.5 cm³/mol. The number of rotatable bonds is 4. The fourth-order valence-electron chi connectivity index (χ4n) is 2.27. The van der Waals surface area contributed by atoms with E-state index in [1.807, 2.05) is 27.7 Å². The van der Waals surface area contributed by atoms with Gasteiger partial charge in [0, 0.05) is 0 Å². The lowest BCUT2D eigenvalue weighted by Gasteiger charge is -2.32. The molecule has 1 aliphatic rings. The zero-order valence-electron chi connectivity index (χ0n) is 14.8. The average molecular weight is 353 g/mol. The second kappa shape index (κ2) is 6.79. The molecule has 1 fully saturated rings. The quantitative estimate of drug-likeness (QED) is 0.610. The molecule has 0 atom stereocenters. The fraction of sp³-hybridized carbons (Fsp3) is 0.471. The van der Waals surface area contributed by atoms with Crippen LogP contribution < -0.4 is 4.74 Å². The molecular weight excluding hydrogens is 330 g/mol. The molecule has 0 aromatic heterocycles. The lowest BCUT2D eigenvalue weighted by Crippen LogP contribution is -2.41.